The van der Waals surface area contributed by atoms with Crippen molar-refractivity contribution in [2.75, 3.05) is 11.9 Å². The number of ether oxygens (including phenoxy) is 2. The smallest absolute Gasteiger partial charge is 0.344 e. The lowest BCUT2D eigenvalue weighted by molar-refractivity contribution is -0.155. The van der Waals surface area contributed by atoms with Gasteiger partial charge in [-0.1, -0.05) is 36.4 Å². The number of esters is 1. The summed E-state index contributed by atoms with van der Waals surface area (Å²) in [5.41, 5.74) is 1.15. The summed E-state index contributed by atoms with van der Waals surface area (Å²) < 4.78 is 10.4. The summed E-state index contributed by atoms with van der Waals surface area (Å²) in [4.78, 5) is 24.3. The molecule has 0 spiro atoms. The Kier molecular flexibility index (Phi) is 5.87. The first-order valence-electron chi connectivity index (χ1n) is 8.68. The third-order valence-corrected chi connectivity index (χ3v) is 4.07. The van der Waals surface area contributed by atoms with E-state index < -0.39 is 18.0 Å². The zero-order valence-corrected chi connectivity index (χ0v) is 15.2. The first-order chi connectivity index (χ1) is 13.6. The Balaban J connectivity index is 1.54. The summed E-state index contributed by atoms with van der Waals surface area (Å²) in [6.45, 7) is 1.16. The highest BCUT2D eigenvalue weighted by Gasteiger charge is 2.19. The van der Waals surface area contributed by atoms with E-state index in [1.54, 1.807) is 30.3 Å². The van der Waals surface area contributed by atoms with Gasteiger partial charge in [0, 0.05) is 11.1 Å². The number of amides is 1. The highest BCUT2D eigenvalue weighted by atomic mass is 16.6. The van der Waals surface area contributed by atoms with Crippen LogP contribution >= 0.6 is 0 Å². The van der Waals surface area contributed by atoms with Crippen molar-refractivity contribution in [1.82, 2.24) is 0 Å². The number of nitrogens with zero attached hydrogens (tertiary/aromatic N) is 1. The quantitative estimate of drug-likeness (QED) is 0.665. The Morgan fingerprint density at radius 2 is 1.75 bits per heavy atom. The van der Waals surface area contributed by atoms with E-state index >= 15 is 0 Å². The van der Waals surface area contributed by atoms with Crippen LogP contribution < -0.4 is 10.1 Å². The number of carbonyl (C=O) groups is 2. The number of carbonyl (C=O) groups excluding carboxylic acids is 2. The van der Waals surface area contributed by atoms with Crippen molar-refractivity contribution in [2.45, 2.75) is 13.0 Å². The van der Waals surface area contributed by atoms with E-state index in [0.29, 0.717) is 17.0 Å². The Morgan fingerprint density at radius 3 is 2.50 bits per heavy atom. The fourth-order valence-corrected chi connectivity index (χ4v) is 2.62. The normalized spacial score (nSPS) is 11.3. The summed E-state index contributed by atoms with van der Waals surface area (Å²) in [5.74, 6) is -0.656. The molecule has 140 valence electrons. The van der Waals surface area contributed by atoms with Crippen LogP contribution in [-0.4, -0.2) is 24.6 Å². The van der Waals surface area contributed by atoms with Gasteiger partial charge in [-0.15, -0.1) is 0 Å². The number of nitrogens with one attached hydrogen (secondary N) is 1. The van der Waals surface area contributed by atoms with E-state index in [4.69, 9.17) is 14.7 Å². The van der Waals surface area contributed by atoms with E-state index in [1.165, 1.54) is 6.92 Å². The number of nitriles is 1. The van der Waals surface area contributed by atoms with E-state index in [9.17, 15) is 9.59 Å². The second-order valence-electron chi connectivity index (χ2n) is 6.07. The van der Waals surface area contributed by atoms with Gasteiger partial charge >= 0.3 is 5.97 Å². The summed E-state index contributed by atoms with van der Waals surface area (Å²) >= 11 is 0. The fourth-order valence-electron chi connectivity index (χ4n) is 2.62. The molecule has 0 aromatic heterocycles. The minimum atomic E-state index is -0.976. The Hall–Kier alpha value is -3.85. The van der Waals surface area contributed by atoms with Crippen LogP contribution in [0, 0.1) is 11.3 Å². The molecule has 0 saturated heterocycles. The van der Waals surface area contributed by atoms with Crippen molar-refractivity contribution in [1.29, 1.82) is 5.26 Å². The molecule has 0 aliphatic heterocycles. The van der Waals surface area contributed by atoms with Crippen LogP contribution in [0.4, 0.5) is 5.69 Å². The average Bonchev–Trinajstić information content (AvgIpc) is 2.73. The van der Waals surface area contributed by atoms with Crippen LogP contribution in [0.15, 0.2) is 66.7 Å². The molecule has 3 aromatic rings. The molecule has 0 saturated carbocycles. The summed E-state index contributed by atoms with van der Waals surface area (Å²) in [6, 6.07) is 21.6. The monoisotopic (exact) mass is 374 g/mol. The van der Waals surface area contributed by atoms with Crippen molar-refractivity contribution in [3.8, 4) is 11.8 Å². The molecule has 1 N–H and O–H groups in total. The lowest BCUT2D eigenvalue weighted by Gasteiger charge is -2.15. The van der Waals surface area contributed by atoms with Gasteiger partial charge in [0.15, 0.2) is 12.7 Å². The zero-order valence-electron chi connectivity index (χ0n) is 15.2. The number of benzene rings is 3. The number of hydrogen-bond acceptors (Lipinski definition) is 5. The van der Waals surface area contributed by atoms with Crippen LogP contribution in [0.3, 0.4) is 0 Å². The lowest BCUT2D eigenvalue weighted by atomic mass is 10.1. The van der Waals surface area contributed by atoms with Crippen LogP contribution in [-0.2, 0) is 14.3 Å². The molecule has 0 aliphatic carbocycles. The summed E-state index contributed by atoms with van der Waals surface area (Å²) in [5, 5.41) is 13.5. The van der Waals surface area contributed by atoms with Crippen molar-refractivity contribution in [3.05, 3.63) is 72.3 Å². The predicted molar refractivity (Wildman–Crippen MR) is 105 cm³/mol. The van der Waals surface area contributed by atoms with E-state index in [1.807, 2.05) is 42.5 Å². The van der Waals surface area contributed by atoms with Crippen LogP contribution in [0.2, 0.25) is 0 Å². The third-order valence-electron chi connectivity index (χ3n) is 4.07. The van der Waals surface area contributed by atoms with Gasteiger partial charge in [0.25, 0.3) is 5.91 Å². The van der Waals surface area contributed by atoms with Gasteiger partial charge in [0.05, 0.1) is 11.6 Å². The van der Waals surface area contributed by atoms with E-state index in [-0.39, 0.29) is 6.61 Å². The number of fused-ring (bicyclic) bond motifs is 1. The zero-order chi connectivity index (χ0) is 19.9. The van der Waals surface area contributed by atoms with Crippen molar-refractivity contribution >= 4 is 28.3 Å². The lowest BCUT2D eigenvalue weighted by Crippen LogP contribution is -2.31. The second kappa shape index (κ2) is 8.69. The third kappa shape index (κ3) is 4.65. The molecule has 0 bridgehead atoms. The average molecular weight is 374 g/mol. The molecule has 0 fully saturated rings. The van der Waals surface area contributed by atoms with Gasteiger partial charge in [-0.3, -0.25) is 4.79 Å². The topological polar surface area (TPSA) is 88.4 Å². The van der Waals surface area contributed by atoms with Crippen molar-refractivity contribution < 1.29 is 19.1 Å². The largest absolute Gasteiger partial charge is 0.482 e. The molecular weight excluding hydrogens is 356 g/mol. The molecule has 3 rings (SSSR count). The molecule has 1 amide bonds. The molecule has 0 heterocycles. The van der Waals surface area contributed by atoms with Gasteiger partial charge in [0.1, 0.15) is 5.75 Å². The highest BCUT2D eigenvalue weighted by molar-refractivity contribution is 6.03. The van der Waals surface area contributed by atoms with Crippen LogP contribution in [0.5, 0.6) is 5.75 Å². The molecule has 6 heteroatoms. The van der Waals surface area contributed by atoms with Gasteiger partial charge in [-0.2, -0.15) is 5.26 Å². The molecule has 6 nitrogen and oxygen atoms in total. The molecule has 3 aromatic carbocycles. The van der Waals surface area contributed by atoms with E-state index in [0.717, 1.165) is 10.8 Å². The maximum Gasteiger partial charge on any atom is 0.344 e. The summed E-state index contributed by atoms with van der Waals surface area (Å²) in [7, 11) is 0. The minimum Gasteiger partial charge on any atom is -0.482 e. The Labute approximate surface area is 162 Å². The fraction of sp³-hybridized carbons (Fsp3) is 0.136. The SMILES string of the molecule is C[C@@H](OC(=O)COc1ccc(C#N)cc1)C(=O)Nc1cccc2ccccc12. The van der Waals surface area contributed by atoms with Gasteiger partial charge < -0.3 is 14.8 Å². The maximum atomic E-state index is 12.4. The highest BCUT2D eigenvalue weighted by Crippen LogP contribution is 2.23. The van der Waals surface area contributed by atoms with Gasteiger partial charge in [0.2, 0.25) is 0 Å². The predicted octanol–water partition coefficient (Wildman–Crippen LogP) is 3.66. The number of rotatable bonds is 6. The van der Waals surface area contributed by atoms with Crippen LogP contribution in [0.25, 0.3) is 10.8 Å². The van der Waals surface area contributed by atoms with E-state index in [2.05, 4.69) is 5.32 Å². The molecule has 1 atom stereocenters. The van der Waals surface area contributed by atoms with Crippen molar-refractivity contribution in [3.63, 3.8) is 0 Å². The standard InChI is InChI=1S/C22H18N2O4/c1-15(28-21(25)14-27-18-11-9-16(13-23)10-12-18)22(26)24-20-8-4-6-17-5-2-3-7-19(17)20/h2-12,15H,14H2,1H3,(H,24,26)/t15-/m1/s1. The first-order valence-corrected chi connectivity index (χ1v) is 8.68. The second-order valence-corrected chi connectivity index (χ2v) is 6.07. The van der Waals surface area contributed by atoms with Crippen molar-refractivity contribution in [2.24, 2.45) is 0 Å². The molecule has 0 unspecified atom stereocenters. The molecular formula is C22H18N2O4. The van der Waals surface area contributed by atoms with Gasteiger partial charge in [-0.05, 0) is 42.6 Å². The minimum absolute atomic E-state index is 0.336. The Bertz CT molecular complexity index is 1030. The molecule has 28 heavy (non-hydrogen) atoms. The first kappa shape index (κ1) is 18.9. The molecule has 0 radical (unpaired) electrons. The Morgan fingerprint density at radius 1 is 1.04 bits per heavy atom. The molecule has 0 aliphatic rings. The van der Waals surface area contributed by atoms with Gasteiger partial charge in [-0.25, -0.2) is 4.79 Å². The maximum absolute atomic E-state index is 12.4. The number of anilines is 1. The number of hydrogen-bond donors (Lipinski definition) is 1. The summed E-state index contributed by atoms with van der Waals surface area (Å²) in [6.07, 6.45) is -0.976. The van der Waals surface area contributed by atoms with Crippen LogP contribution in [0.1, 0.15) is 12.5 Å².